The van der Waals surface area contributed by atoms with Gasteiger partial charge in [-0.2, -0.15) is 0 Å². The molecule has 0 saturated carbocycles. The number of halogens is 1. The number of benzene rings is 1. The van der Waals surface area contributed by atoms with Gasteiger partial charge in [0.15, 0.2) is 0 Å². The summed E-state index contributed by atoms with van der Waals surface area (Å²) in [6.45, 7) is 0.00821. The second kappa shape index (κ2) is 8.17. The van der Waals surface area contributed by atoms with E-state index in [2.05, 4.69) is 15.6 Å². The monoisotopic (exact) mass is 389 g/mol. The van der Waals surface area contributed by atoms with Crippen LogP contribution in [0.15, 0.2) is 36.5 Å². The number of hydrogen-bond donors (Lipinski definition) is 2. The van der Waals surface area contributed by atoms with Gasteiger partial charge in [0, 0.05) is 18.3 Å². The molecule has 2 heterocycles. The Morgan fingerprint density at radius 3 is 2.81 bits per heavy atom. The zero-order chi connectivity index (χ0) is 19.4. The highest BCUT2D eigenvalue weighted by molar-refractivity contribution is 8.15. The van der Waals surface area contributed by atoms with Crippen LogP contribution in [0.5, 0.6) is 5.88 Å². The SMILES string of the molecule is COc1ncc(CC2SC(=O)NC2=O)cc1C(=O)NCc1ccccc1F. The summed E-state index contributed by atoms with van der Waals surface area (Å²) in [5.41, 5.74) is 1.13. The summed E-state index contributed by atoms with van der Waals surface area (Å²) in [4.78, 5) is 39.6. The largest absolute Gasteiger partial charge is 0.480 e. The topological polar surface area (TPSA) is 97.4 Å². The Morgan fingerprint density at radius 2 is 2.15 bits per heavy atom. The first-order chi connectivity index (χ1) is 13.0. The number of rotatable bonds is 6. The third-order valence-corrected chi connectivity index (χ3v) is 4.91. The van der Waals surface area contributed by atoms with Gasteiger partial charge < -0.3 is 10.1 Å². The number of methoxy groups -OCH3 is 1. The van der Waals surface area contributed by atoms with E-state index in [1.54, 1.807) is 24.3 Å². The van der Waals surface area contributed by atoms with E-state index in [1.807, 2.05) is 0 Å². The van der Waals surface area contributed by atoms with E-state index in [0.29, 0.717) is 11.1 Å². The zero-order valence-electron chi connectivity index (χ0n) is 14.3. The average molecular weight is 389 g/mol. The molecule has 0 radical (unpaired) electrons. The quantitative estimate of drug-likeness (QED) is 0.785. The third kappa shape index (κ3) is 4.43. The van der Waals surface area contributed by atoms with Gasteiger partial charge in [0.1, 0.15) is 11.4 Å². The van der Waals surface area contributed by atoms with Crippen molar-refractivity contribution in [3.63, 3.8) is 0 Å². The Morgan fingerprint density at radius 1 is 1.37 bits per heavy atom. The molecule has 1 aromatic heterocycles. The molecule has 1 aliphatic rings. The Labute approximate surface area is 158 Å². The number of carbonyl (C=O) groups is 3. The van der Waals surface area contributed by atoms with Crippen molar-refractivity contribution in [3.05, 3.63) is 59.0 Å². The predicted octanol–water partition coefficient (Wildman–Crippen LogP) is 2.05. The molecule has 1 aromatic carbocycles. The minimum atomic E-state index is -0.568. The second-order valence-electron chi connectivity index (χ2n) is 5.76. The standard InChI is InChI=1S/C18H16FN3O4S/c1-26-17-12(15(23)20-9-11-4-2-3-5-13(11)19)6-10(8-21-17)7-14-16(24)22-18(25)27-14/h2-6,8,14H,7,9H2,1H3,(H,20,23)(H,22,24,25). The van der Waals surface area contributed by atoms with Gasteiger partial charge in [-0.25, -0.2) is 9.37 Å². The maximum absolute atomic E-state index is 13.7. The number of carbonyl (C=O) groups excluding carboxylic acids is 3. The molecule has 1 unspecified atom stereocenters. The van der Waals surface area contributed by atoms with Gasteiger partial charge >= 0.3 is 0 Å². The molecule has 2 aromatic rings. The van der Waals surface area contributed by atoms with Crippen LogP contribution >= 0.6 is 11.8 Å². The van der Waals surface area contributed by atoms with E-state index < -0.39 is 22.2 Å². The van der Waals surface area contributed by atoms with Gasteiger partial charge in [0.25, 0.3) is 11.1 Å². The summed E-state index contributed by atoms with van der Waals surface area (Å²) in [6, 6.07) is 7.70. The highest BCUT2D eigenvalue weighted by Crippen LogP contribution is 2.24. The lowest BCUT2D eigenvalue weighted by molar-refractivity contribution is -0.118. The summed E-state index contributed by atoms with van der Waals surface area (Å²) in [5, 5.41) is 3.88. The fraction of sp³-hybridized carbons (Fsp3) is 0.222. The van der Waals surface area contributed by atoms with Gasteiger partial charge in [-0.3, -0.25) is 19.7 Å². The number of imide groups is 1. The van der Waals surface area contributed by atoms with Crippen molar-refractivity contribution < 1.29 is 23.5 Å². The van der Waals surface area contributed by atoms with Crippen LogP contribution in [0, 0.1) is 5.82 Å². The molecule has 1 saturated heterocycles. The molecule has 140 valence electrons. The molecule has 1 atom stereocenters. The third-order valence-electron chi connectivity index (χ3n) is 3.93. The summed E-state index contributed by atoms with van der Waals surface area (Å²) >= 11 is 0.901. The van der Waals surface area contributed by atoms with Crippen LogP contribution in [-0.4, -0.2) is 34.4 Å². The molecule has 0 aliphatic carbocycles. The van der Waals surface area contributed by atoms with Crippen LogP contribution in [-0.2, 0) is 17.8 Å². The van der Waals surface area contributed by atoms with Crippen LogP contribution < -0.4 is 15.4 Å². The van der Waals surface area contributed by atoms with Crippen molar-refractivity contribution in [1.29, 1.82) is 0 Å². The van der Waals surface area contributed by atoms with E-state index in [0.717, 1.165) is 11.8 Å². The highest BCUT2D eigenvalue weighted by Gasteiger charge is 2.32. The molecular weight excluding hydrogens is 373 g/mol. The number of aromatic nitrogens is 1. The second-order valence-corrected chi connectivity index (χ2v) is 6.94. The van der Waals surface area contributed by atoms with E-state index in [9.17, 15) is 18.8 Å². The van der Waals surface area contributed by atoms with E-state index in [-0.39, 0.29) is 30.3 Å². The van der Waals surface area contributed by atoms with Crippen molar-refractivity contribution in [2.75, 3.05) is 7.11 Å². The number of pyridine rings is 1. The molecule has 9 heteroatoms. The lowest BCUT2D eigenvalue weighted by Crippen LogP contribution is -2.26. The number of nitrogens with one attached hydrogen (secondary N) is 2. The minimum absolute atomic E-state index is 0.00821. The maximum atomic E-state index is 13.7. The Balaban J connectivity index is 1.74. The predicted molar refractivity (Wildman–Crippen MR) is 97.0 cm³/mol. The van der Waals surface area contributed by atoms with Crippen molar-refractivity contribution in [3.8, 4) is 5.88 Å². The van der Waals surface area contributed by atoms with Crippen LogP contribution in [0.2, 0.25) is 0 Å². The van der Waals surface area contributed by atoms with Crippen molar-refractivity contribution in [2.45, 2.75) is 18.2 Å². The molecular formula is C18H16FN3O4S. The highest BCUT2D eigenvalue weighted by atomic mass is 32.2. The van der Waals surface area contributed by atoms with Gasteiger partial charge in [-0.15, -0.1) is 0 Å². The molecule has 3 amide bonds. The van der Waals surface area contributed by atoms with E-state index >= 15 is 0 Å². The molecule has 0 bridgehead atoms. The molecule has 2 N–H and O–H groups in total. The van der Waals surface area contributed by atoms with Gasteiger partial charge in [0.05, 0.1) is 12.4 Å². The van der Waals surface area contributed by atoms with Gasteiger partial charge in [0.2, 0.25) is 11.8 Å². The van der Waals surface area contributed by atoms with Crippen LogP contribution in [0.25, 0.3) is 0 Å². The fourth-order valence-electron chi connectivity index (χ4n) is 2.59. The summed E-state index contributed by atoms with van der Waals surface area (Å²) in [5.74, 6) is -1.15. The Bertz CT molecular complexity index is 906. The summed E-state index contributed by atoms with van der Waals surface area (Å²) < 4.78 is 18.8. The number of nitrogens with zero attached hydrogens (tertiary/aromatic N) is 1. The van der Waals surface area contributed by atoms with Crippen molar-refractivity contribution in [2.24, 2.45) is 0 Å². The molecule has 1 fully saturated rings. The first kappa shape index (κ1) is 18.8. The molecule has 27 heavy (non-hydrogen) atoms. The van der Waals surface area contributed by atoms with Crippen molar-refractivity contribution in [1.82, 2.24) is 15.6 Å². The van der Waals surface area contributed by atoms with Gasteiger partial charge in [-0.05, 0) is 24.1 Å². The van der Waals surface area contributed by atoms with E-state index in [1.165, 1.54) is 19.4 Å². The van der Waals surface area contributed by atoms with Crippen molar-refractivity contribution >= 4 is 28.8 Å². The maximum Gasteiger partial charge on any atom is 0.286 e. The molecule has 0 spiro atoms. The summed E-state index contributed by atoms with van der Waals surface area (Å²) in [7, 11) is 1.38. The first-order valence-electron chi connectivity index (χ1n) is 8.04. The lowest BCUT2D eigenvalue weighted by Gasteiger charge is -2.12. The number of hydrogen-bond acceptors (Lipinski definition) is 6. The lowest BCUT2D eigenvalue weighted by atomic mass is 10.1. The first-order valence-corrected chi connectivity index (χ1v) is 8.92. The number of amides is 3. The molecule has 7 nitrogen and oxygen atoms in total. The van der Waals surface area contributed by atoms with Gasteiger partial charge in [-0.1, -0.05) is 30.0 Å². The van der Waals surface area contributed by atoms with Crippen LogP contribution in [0.1, 0.15) is 21.5 Å². The normalized spacial score (nSPS) is 16.1. The Kier molecular flexibility index (Phi) is 5.70. The minimum Gasteiger partial charge on any atom is -0.480 e. The van der Waals surface area contributed by atoms with Crippen LogP contribution in [0.3, 0.4) is 0 Å². The number of ether oxygens (including phenoxy) is 1. The zero-order valence-corrected chi connectivity index (χ0v) is 15.1. The van der Waals surface area contributed by atoms with E-state index in [4.69, 9.17) is 4.74 Å². The molecule has 1 aliphatic heterocycles. The average Bonchev–Trinajstić information content (AvgIpc) is 2.97. The summed E-state index contributed by atoms with van der Waals surface area (Å²) in [6.07, 6.45) is 1.73. The molecule has 3 rings (SSSR count). The fourth-order valence-corrected chi connectivity index (χ4v) is 3.45. The number of thioether (sulfide) groups is 1. The smallest absolute Gasteiger partial charge is 0.286 e. The van der Waals surface area contributed by atoms with Crippen LogP contribution in [0.4, 0.5) is 9.18 Å². The Hall–Kier alpha value is -2.94.